The van der Waals surface area contributed by atoms with Crippen LogP contribution in [0, 0.1) is 11.7 Å². The van der Waals surface area contributed by atoms with Crippen molar-refractivity contribution < 1.29 is 14.0 Å². The summed E-state index contributed by atoms with van der Waals surface area (Å²) in [6.45, 7) is 0.799. The van der Waals surface area contributed by atoms with Crippen molar-refractivity contribution in [2.75, 3.05) is 18.0 Å². The number of rotatable bonds is 5. The van der Waals surface area contributed by atoms with E-state index >= 15 is 0 Å². The summed E-state index contributed by atoms with van der Waals surface area (Å²) in [6, 6.07) is 13.2. The van der Waals surface area contributed by atoms with Gasteiger partial charge in [0.15, 0.2) is 0 Å². The molecule has 1 unspecified atom stereocenters. The number of hydrogen-bond acceptors (Lipinski definition) is 2. The molecule has 2 amide bonds. The van der Waals surface area contributed by atoms with Gasteiger partial charge < -0.3 is 10.2 Å². The van der Waals surface area contributed by atoms with Crippen LogP contribution >= 0.6 is 11.6 Å². The third-order valence-electron chi connectivity index (χ3n) is 4.24. The fourth-order valence-corrected chi connectivity index (χ4v) is 3.13. The highest BCUT2D eigenvalue weighted by molar-refractivity contribution is 6.30. The van der Waals surface area contributed by atoms with E-state index in [1.165, 1.54) is 17.0 Å². The van der Waals surface area contributed by atoms with Gasteiger partial charge in [0.2, 0.25) is 11.8 Å². The Morgan fingerprint density at radius 1 is 1.24 bits per heavy atom. The average Bonchev–Trinajstić information content (AvgIpc) is 2.97. The van der Waals surface area contributed by atoms with Crippen molar-refractivity contribution in [1.29, 1.82) is 0 Å². The zero-order valence-electron chi connectivity index (χ0n) is 13.5. The Morgan fingerprint density at radius 3 is 2.72 bits per heavy atom. The minimum Gasteiger partial charge on any atom is -0.355 e. The van der Waals surface area contributed by atoms with Gasteiger partial charge in [-0.25, -0.2) is 4.39 Å². The first-order chi connectivity index (χ1) is 12.0. The van der Waals surface area contributed by atoms with Crippen molar-refractivity contribution in [3.63, 3.8) is 0 Å². The normalized spacial score (nSPS) is 17.0. The van der Waals surface area contributed by atoms with E-state index in [0.717, 1.165) is 5.56 Å². The number of nitrogens with one attached hydrogen (secondary N) is 1. The number of carbonyl (C=O) groups is 2. The van der Waals surface area contributed by atoms with Gasteiger partial charge >= 0.3 is 0 Å². The maximum absolute atomic E-state index is 13.0. The lowest BCUT2D eigenvalue weighted by Gasteiger charge is -2.16. The lowest BCUT2D eigenvalue weighted by molar-refractivity contribution is -0.126. The summed E-state index contributed by atoms with van der Waals surface area (Å²) in [5, 5.41) is 3.54. The smallest absolute Gasteiger partial charge is 0.227 e. The van der Waals surface area contributed by atoms with Crippen LogP contribution in [0.1, 0.15) is 12.0 Å². The number of benzene rings is 2. The van der Waals surface area contributed by atoms with E-state index < -0.39 is 5.92 Å². The van der Waals surface area contributed by atoms with E-state index in [9.17, 15) is 14.0 Å². The van der Waals surface area contributed by atoms with Crippen molar-refractivity contribution in [3.8, 4) is 0 Å². The predicted octanol–water partition coefficient (Wildman–Crippen LogP) is 3.19. The van der Waals surface area contributed by atoms with Gasteiger partial charge in [0.05, 0.1) is 5.92 Å². The summed E-state index contributed by atoms with van der Waals surface area (Å²) < 4.78 is 13.0. The SMILES string of the molecule is O=C(NCCc1cccc(Cl)c1)C1CC(=O)N(c2ccc(F)cc2)C1. The van der Waals surface area contributed by atoms with E-state index in [2.05, 4.69) is 5.32 Å². The van der Waals surface area contributed by atoms with E-state index in [1.54, 1.807) is 18.2 Å². The molecular formula is C19H18ClFN2O2. The first-order valence-electron chi connectivity index (χ1n) is 8.11. The van der Waals surface area contributed by atoms with Crippen LogP contribution in [0.3, 0.4) is 0 Å². The fourth-order valence-electron chi connectivity index (χ4n) is 2.92. The molecule has 1 N–H and O–H groups in total. The molecule has 2 aromatic carbocycles. The number of amides is 2. The van der Waals surface area contributed by atoms with Crippen LogP contribution in [0.5, 0.6) is 0 Å². The van der Waals surface area contributed by atoms with Crippen LogP contribution in [-0.2, 0) is 16.0 Å². The van der Waals surface area contributed by atoms with E-state index in [-0.39, 0.29) is 24.1 Å². The molecule has 1 atom stereocenters. The zero-order valence-corrected chi connectivity index (χ0v) is 14.3. The van der Waals surface area contributed by atoms with Gasteiger partial charge in [-0.15, -0.1) is 0 Å². The number of halogens is 2. The van der Waals surface area contributed by atoms with Gasteiger partial charge in [-0.3, -0.25) is 9.59 Å². The monoisotopic (exact) mass is 360 g/mol. The van der Waals surface area contributed by atoms with Crippen LogP contribution in [0.25, 0.3) is 0 Å². The zero-order chi connectivity index (χ0) is 17.8. The third-order valence-corrected chi connectivity index (χ3v) is 4.47. The van der Waals surface area contributed by atoms with Crippen LogP contribution in [0.2, 0.25) is 5.02 Å². The highest BCUT2D eigenvalue weighted by atomic mass is 35.5. The van der Waals surface area contributed by atoms with Gasteiger partial charge in [-0.05, 0) is 48.4 Å². The van der Waals surface area contributed by atoms with Crippen molar-refractivity contribution >= 4 is 29.1 Å². The van der Waals surface area contributed by atoms with Gasteiger partial charge in [0.25, 0.3) is 0 Å². The number of carbonyl (C=O) groups excluding carboxylic acids is 2. The summed E-state index contributed by atoms with van der Waals surface area (Å²) in [6.07, 6.45) is 0.842. The quantitative estimate of drug-likeness (QED) is 0.890. The van der Waals surface area contributed by atoms with Crippen LogP contribution in [0.15, 0.2) is 48.5 Å². The summed E-state index contributed by atoms with van der Waals surface area (Å²) in [5.41, 5.74) is 1.66. The summed E-state index contributed by atoms with van der Waals surface area (Å²) in [4.78, 5) is 26.0. The molecule has 0 aromatic heterocycles. The Morgan fingerprint density at radius 2 is 2.00 bits per heavy atom. The molecule has 0 spiro atoms. The van der Waals surface area contributed by atoms with Crippen molar-refractivity contribution in [2.24, 2.45) is 5.92 Å². The molecule has 4 nitrogen and oxygen atoms in total. The lowest BCUT2D eigenvalue weighted by atomic mass is 10.1. The third kappa shape index (κ3) is 4.37. The molecule has 3 rings (SSSR count). The minimum atomic E-state index is -0.392. The molecule has 1 aliphatic rings. The summed E-state index contributed by atoms with van der Waals surface area (Å²) in [5.74, 6) is -1.01. The van der Waals surface area contributed by atoms with Gasteiger partial charge in [-0.2, -0.15) is 0 Å². The van der Waals surface area contributed by atoms with Crippen molar-refractivity contribution in [3.05, 3.63) is 64.9 Å². The van der Waals surface area contributed by atoms with Crippen molar-refractivity contribution in [1.82, 2.24) is 5.32 Å². The minimum absolute atomic E-state index is 0.124. The van der Waals surface area contributed by atoms with E-state index in [0.29, 0.717) is 30.2 Å². The van der Waals surface area contributed by atoms with Gasteiger partial charge in [-0.1, -0.05) is 23.7 Å². The summed E-state index contributed by atoms with van der Waals surface area (Å²) >= 11 is 5.94. The van der Waals surface area contributed by atoms with Crippen LogP contribution < -0.4 is 10.2 Å². The second-order valence-electron chi connectivity index (χ2n) is 6.05. The predicted molar refractivity (Wildman–Crippen MR) is 95.0 cm³/mol. The van der Waals surface area contributed by atoms with E-state index in [1.807, 2.05) is 18.2 Å². The Balaban J connectivity index is 1.53. The first kappa shape index (κ1) is 17.4. The maximum Gasteiger partial charge on any atom is 0.227 e. The van der Waals surface area contributed by atoms with Gasteiger partial charge in [0.1, 0.15) is 5.82 Å². The number of hydrogen-bond donors (Lipinski definition) is 1. The number of nitrogens with zero attached hydrogens (tertiary/aromatic N) is 1. The Kier molecular flexibility index (Phi) is 5.34. The molecule has 0 radical (unpaired) electrons. The molecule has 1 saturated heterocycles. The molecule has 130 valence electrons. The second-order valence-corrected chi connectivity index (χ2v) is 6.49. The first-order valence-corrected chi connectivity index (χ1v) is 8.49. The van der Waals surface area contributed by atoms with Crippen LogP contribution in [0.4, 0.5) is 10.1 Å². The highest BCUT2D eigenvalue weighted by Crippen LogP contribution is 2.25. The Hall–Kier alpha value is -2.40. The lowest BCUT2D eigenvalue weighted by Crippen LogP contribution is -2.34. The largest absolute Gasteiger partial charge is 0.355 e. The highest BCUT2D eigenvalue weighted by Gasteiger charge is 2.34. The van der Waals surface area contributed by atoms with Crippen molar-refractivity contribution in [2.45, 2.75) is 12.8 Å². The molecule has 1 aliphatic heterocycles. The number of anilines is 1. The van der Waals surface area contributed by atoms with Gasteiger partial charge in [0, 0.05) is 30.2 Å². The summed E-state index contributed by atoms with van der Waals surface area (Å²) in [7, 11) is 0. The molecule has 1 heterocycles. The fraction of sp³-hybridized carbons (Fsp3) is 0.263. The Labute approximate surface area is 150 Å². The molecule has 0 saturated carbocycles. The molecule has 0 bridgehead atoms. The maximum atomic E-state index is 13.0. The molecule has 25 heavy (non-hydrogen) atoms. The Bertz CT molecular complexity index is 779. The average molecular weight is 361 g/mol. The van der Waals surface area contributed by atoms with E-state index in [4.69, 9.17) is 11.6 Å². The second kappa shape index (κ2) is 7.66. The standard InChI is InChI=1S/C19H18ClFN2O2/c20-15-3-1-2-13(10-15)8-9-22-19(25)14-11-18(24)23(12-14)17-6-4-16(21)5-7-17/h1-7,10,14H,8-9,11-12H2,(H,22,25). The molecule has 2 aromatic rings. The molecular weight excluding hydrogens is 343 g/mol. The van der Waals surface area contributed by atoms with Crippen LogP contribution in [-0.4, -0.2) is 24.9 Å². The molecule has 6 heteroatoms. The topological polar surface area (TPSA) is 49.4 Å². The molecule has 0 aliphatic carbocycles. The molecule has 1 fully saturated rings.